The van der Waals surface area contributed by atoms with Crippen molar-refractivity contribution in [3.05, 3.63) is 160 Å². The Morgan fingerprint density at radius 1 is 0.558 bits per heavy atom. The van der Waals surface area contributed by atoms with E-state index in [4.69, 9.17) is 9.31 Å². The highest BCUT2D eigenvalue weighted by molar-refractivity contribution is 6.62. The van der Waals surface area contributed by atoms with Crippen LogP contribution >= 0.6 is 0 Å². The second kappa shape index (κ2) is 9.13. The standard InChI is InChI=1S/C39H32BFO2/c1-37(2)38(3,4)43-40(42-37)27-19-22-31-29-12-6-9-15-34(29)39(36(31)24-27)33-14-8-5-11-26(33)23-32(25-17-20-28(41)21-18-25)30-13-7-10-16-35(30)39/h5-24H,1-4H3. The van der Waals surface area contributed by atoms with Crippen LogP contribution in [0.1, 0.15) is 66.6 Å². The lowest BCUT2D eigenvalue weighted by atomic mass is 9.64. The molecule has 0 aromatic heterocycles. The molecule has 0 saturated carbocycles. The first-order valence-electron chi connectivity index (χ1n) is 15.0. The maximum Gasteiger partial charge on any atom is 0.494 e. The average molecular weight is 562 g/mol. The van der Waals surface area contributed by atoms with Gasteiger partial charge in [0.25, 0.3) is 0 Å². The van der Waals surface area contributed by atoms with Crippen molar-refractivity contribution in [2.24, 2.45) is 0 Å². The quantitative estimate of drug-likeness (QED) is 0.197. The third kappa shape index (κ3) is 3.67. The highest BCUT2D eigenvalue weighted by atomic mass is 19.1. The van der Waals surface area contributed by atoms with Gasteiger partial charge in [-0.15, -0.1) is 0 Å². The van der Waals surface area contributed by atoms with Crippen LogP contribution in [0, 0.1) is 5.82 Å². The summed E-state index contributed by atoms with van der Waals surface area (Å²) in [5, 5.41) is 0. The Labute approximate surface area is 253 Å². The molecule has 8 rings (SSSR count). The molecule has 2 aliphatic carbocycles. The number of benzene rings is 5. The minimum atomic E-state index is -0.586. The number of rotatable bonds is 2. The number of hydrogen-bond acceptors (Lipinski definition) is 2. The molecular formula is C39H32BFO2. The molecule has 1 spiro atoms. The summed E-state index contributed by atoms with van der Waals surface area (Å²) in [6, 6.07) is 39.8. The highest BCUT2D eigenvalue weighted by Crippen LogP contribution is 2.59. The summed E-state index contributed by atoms with van der Waals surface area (Å²) in [5.74, 6) is -0.239. The molecule has 0 radical (unpaired) electrons. The smallest absolute Gasteiger partial charge is 0.399 e. The predicted molar refractivity (Wildman–Crippen MR) is 173 cm³/mol. The normalized spacial score (nSPS) is 20.6. The molecular weight excluding hydrogens is 530 g/mol. The van der Waals surface area contributed by atoms with Crippen LogP contribution in [-0.2, 0) is 14.7 Å². The summed E-state index contributed by atoms with van der Waals surface area (Å²) >= 11 is 0. The maximum atomic E-state index is 14.1. The highest BCUT2D eigenvalue weighted by Gasteiger charge is 2.53. The van der Waals surface area contributed by atoms with Gasteiger partial charge in [0.15, 0.2) is 0 Å². The second-order valence-electron chi connectivity index (χ2n) is 12.9. The minimum Gasteiger partial charge on any atom is -0.399 e. The first-order valence-corrected chi connectivity index (χ1v) is 15.0. The van der Waals surface area contributed by atoms with Crippen LogP contribution in [0.15, 0.2) is 115 Å². The summed E-state index contributed by atoms with van der Waals surface area (Å²) in [7, 11) is -0.472. The average Bonchev–Trinajstić information content (AvgIpc) is 3.36. The van der Waals surface area contributed by atoms with Gasteiger partial charge in [-0.1, -0.05) is 103 Å². The van der Waals surface area contributed by atoms with Crippen molar-refractivity contribution in [3.8, 4) is 11.1 Å². The van der Waals surface area contributed by atoms with Gasteiger partial charge >= 0.3 is 7.12 Å². The van der Waals surface area contributed by atoms with E-state index in [9.17, 15) is 4.39 Å². The molecule has 1 heterocycles. The van der Waals surface area contributed by atoms with E-state index in [1.165, 1.54) is 33.4 Å². The molecule has 0 N–H and O–H groups in total. The van der Waals surface area contributed by atoms with Crippen LogP contribution in [0.25, 0.3) is 22.8 Å². The van der Waals surface area contributed by atoms with Crippen molar-refractivity contribution in [2.75, 3.05) is 0 Å². The van der Waals surface area contributed by atoms with E-state index in [0.29, 0.717) is 0 Å². The van der Waals surface area contributed by atoms with Crippen molar-refractivity contribution < 1.29 is 13.7 Å². The molecule has 1 aliphatic heterocycles. The molecule has 0 amide bonds. The molecule has 1 atom stereocenters. The van der Waals surface area contributed by atoms with Crippen LogP contribution in [0.5, 0.6) is 0 Å². The lowest BCUT2D eigenvalue weighted by Gasteiger charge is -2.35. The topological polar surface area (TPSA) is 18.5 Å². The summed E-state index contributed by atoms with van der Waals surface area (Å²) < 4.78 is 27.2. The van der Waals surface area contributed by atoms with Crippen molar-refractivity contribution in [1.29, 1.82) is 0 Å². The van der Waals surface area contributed by atoms with Crippen LogP contribution in [0.4, 0.5) is 4.39 Å². The van der Waals surface area contributed by atoms with E-state index in [1.54, 1.807) is 12.1 Å². The van der Waals surface area contributed by atoms with Gasteiger partial charge in [-0.2, -0.15) is 0 Å². The fourth-order valence-electron chi connectivity index (χ4n) is 7.26. The van der Waals surface area contributed by atoms with Crippen molar-refractivity contribution in [3.63, 3.8) is 0 Å². The Morgan fingerprint density at radius 3 is 1.81 bits per heavy atom. The first kappa shape index (κ1) is 26.4. The van der Waals surface area contributed by atoms with E-state index in [2.05, 4.69) is 125 Å². The fourth-order valence-corrected chi connectivity index (χ4v) is 7.26. The molecule has 5 aromatic carbocycles. The van der Waals surface area contributed by atoms with Crippen LogP contribution in [-0.4, -0.2) is 18.3 Å². The molecule has 5 aromatic rings. The maximum absolute atomic E-state index is 14.1. The molecule has 1 unspecified atom stereocenters. The van der Waals surface area contributed by atoms with E-state index in [1.807, 2.05) is 12.1 Å². The lowest BCUT2D eigenvalue weighted by Crippen LogP contribution is -2.41. The molecule has 1 saturated heterocycles. The zero-order chi connectivity index (χ0) is 29.6. The van der Waals surface area contributed by atoms with Gasteiger partial charge in [0.05, 0.1) is 16.6 Å². The molecule has 4 heteroatoms. The summed E-state index contributed by atoms with van der Waals surface area (Å²) in [5.41, 5.74) is 11.2. The van der Waals surface area contributed by atoms with Gasteiger partial charge in [0.2, 0.25) is 0 Å². The SMILES string of the molecule is CC1(C)OB(c2ccc3c(c2)C2(c4ccccc4C=C(c4ccc(F)cc4)c4ccccc42)c2ccccc2-3)OC1(C)C. The number of halogens is 1. The molecule has 43 heavy (non-hydrogen) atoms. The Hall–Kier alpha value is -4.25. The van der Waals surface area contributed by atoms with Crippen LogP contribution in [0.3, 0.4) is 0 Å². The fraction of sp³-hybridized carbons (Fsp3) is 0.179. The van der Waals surface area contributed by atoms with Gasteiger partial charge in [-0.25, -0.2) is 4.39 Å². The third-order valence-electron chi connectivity index (χ3n) is 10.0. The molecule has 2 nitrogen and oxygen atoms in total. The Balaban J connectivity index is 1.45. The van der Waals surface area contributed by atoms with E-state index < -0.39 is 23.7 Å². The number of hydrogen-bond donors (Lipinski definition) is 0. The monoisotopic (exact) mass is 562 g/mol. The van der Waals surface area contributed by atoms with Gasteiger partial charge in [-0.05, 0) is 107 Å². The summed E-state index contributed by atoms with van der Waals surface area (Å²) in [6.07, 6.45) is 2.27. The zero-order valence-electron chi connectivity index (χ0n) is 24.8. The summed E-state index contributed by atoms with van der Waals surface area (Å²) in [4.78, 5) is 0. The van der Waals surface area contributed by atoms with Crippen molar-refractivity contribution in [1.82, 2.24) is 0 Å². The van der Waals surface area contributed by atoms with E-state index in [0.717, 1.165) is 27.7 Å². The first-order chi connectivity index (χ1) is 20.7. The Kier molecular flexibility index (Phi) is 5.60. The second-order valence-corrected chi connectivity index (χ2v) is 12.9. The Bertz CT molecular complexity index is 1940. The van der Waals surface area contributed by atoms with Gasteiger partial charge < -0.3 is 9.31 Å². The minimum absolute atomic E-state index is 0.239. The molecule has 0 bridgehead atoms. The zero-order valence-corrected chi connectivity index (χ0v) is 24.8. The Morgan fingerprint density at radius 2 is 1.12 bits per heavy atom. The largest absolute Gasteiger partial charge is 0.494 e. The van der Waals surface area contributed by atoms with Crippen LogP contribution in [0.2, 0.25) is 0 Å². The van der Waals surface area contributed by atoms with E-state index in [-0.39, 0.29) is 5.82 Å². The van der Waals surface area contributed by atoms with Crippen LogP contribution < -0.4 is 5.46 Å². The van der Waals surface area contributed by atoms with Gasteiger partial charge in [-0.3, -0.25) is 0 Å². The van der Waals surface area contributed by atoms with Gasteiger partial charge in [0, 0.05) is 0 Å². The third-order valence-corrected chi connectivity index (χ3v) is 10.0. The van der Waals surface area contributed by atoms with Gasteiger partial charge in [0.1, 0.15) is 5.82 Å². The predicted octanol–water partition coefficient (Wildman–Crippen LogP) is 8.39. The molecule has 210 valence electrons. The molecule has 3 aliphatic rings. The number of fused-ring (bicyclic) bond motifs is 9. The van der Waals surface area contributed by atoms with Crippen molar-refractivity contribution in [2.45, 2.75) is 44.3 Å². The lowest BCUT2D eigenvalue weighted by molar-refractivity contribution is 0.00578. The molecule has 1 fully saturated rings. The summed E-state index contributed by atoms with van der Waals surface area (Å²) in [6.45, 7) is 8.38. The van der Waals surface area contributed by atoms with Crippen molar-refractivity contribution >= 4 is 24.2 Å². The van der Waals surface area contributed by atoms with E-state index >= 15 is 0 Å².